The first-order valence-electron chi connectivity index (χ1n) is 7.24. The number of aromatic nitrogens is 1. The molecule has 0 saturated heterocycles. The van der Waals surface area contributed by atoms with E-state index in [0.29, 0.717) is 0 Å². The standard InChI is InChI=1S/C15H24N2O/c1-2-17-12-14(8-9-15(17)18)16-11-10-13-6-4-3-5-7-13/h8-9,12-13,16H,2-7,10-11H2,1H3. The third-order valence-corrected chi connectivity index (χ3v) is 3.93. The molecule has 2 rings (SSSR count). The van der Waals surface area contributed by atoms with Crippen LogP contribution in [0.5, 0.6) is 0 Å². The van der Waals surface area contributed by atoms with Crippen molar-refractivity contribution in [2.75, 3.05) is 11.9 Å². The van der Waals surface area contributed by atoms with Gasteiger partial charge in [-0.25, -0.2) is 0 Å². The molecule has 0 unspecified atom stereocenters. The van der Waals surface area contributed by atoms with Crippen LogP contribution in [0, 0.1) is 5.92 Å². The smallest absolute Gasteiger partial charge is 0.250 e. The topological polar surface area (TPSA) is 34.0 Å². The summed E-state index contributed by atoms with van der Waals surface area (Å²) in [5, 5.41) is 3.43. The lowest BCUT2D eigenvalue weighted by Crippen LogP contribution is -2.18. The molecule has 1 heterocycles. The summed E-state index contributed by atoms with van der Waals surface area (Å²) in [6.45, 7) is 3.75. The minimum atomic E-state index is 0.0790. The van der Waals surface area contributed by atoms with Gasteiger partial charge in [-0.3, -0.25) is 4.79 Å². The number of hydrogen-bond donors (Lipinski definition) is 1. The monoisotopic (exact) mass is 248 g/mol. The number of anilines is 1. The number of hydrogen-bond acceptors (Lipinski definition) is 2. The molecule has 1 aliphatic carbocycles. The molecular weight excluding hydrogens is 224 g/mol. The van der Waals surface area contributed by atoms with Crippen molar-refractivity contribution in [1.82, 2.24) is 4.57 Å². The molecule has 1 aromatic rings. The van der Waals surface area contributed by atoms with Crippen molar-refractivity contribution in [2.24, 2.45) is 5.92 Å². The predicted octanol–water partition coefficient (Wildman–Crippen LogP) is 3.25. The van der Waals surface area contributed by atoms with Crippen molar-refractivity contribution in [3.63, 3.8) is 0 Å². The highest BCUT2D eigenvalue weighted by Gasteiger charge is 2.12. The van der Waals surface area contributed by atoms with E-state index in [2.05, 4.69) is 5.32 Å². The van der Waals surface area contributed by atoms with Gasteiger partial charge in [0.05, 0.1) is 5.69 Å². The second-order valence-corrected chi connectivity index (χ2v) is 5.26. The highest BCUT2D eigenvalue weighted by molar-refractivity contribution is 5.40. The summed E-state index contributed by atoms with van der Waals surface area (Å²) >= 11 is 0. The summed E-state index contributed by atoms with van der Waals surface area (Å²) in [5.74, 6) is 0.906. The average Bonchev–Trinajstić information content (AvgIpc) is 2.42. The van der Waals surface area contributed by atoms with Gasteiger partial charge in [0.15, 0.2) is 0 Å². The van der Waals surface area contributed by atoms with Crippen LogP contribution >= 0.6 is 0 Å². The van der Waals surface area contributed by atoms with Gasteiger partial charge in [0.1, 0.15) is 0 Å². The third kappa shape index (κ3) is 3.62. The molecule has 100 valence electrons. The van der Waals surface area contributed by atoms with Crippen LogP contribution in [0.3, 0.4) is 0 Å². The molecule has 0 radical (unpaired) electrons. The number of rotatable bonds is 5. The molecule has 0 aliphatic heterocycles. The average molecular weight is 248 g/mol. The molecule has 0 aromatic carbocycles. The van der Waals surface area contributed by atoms with Crippen LogP contribution in [-0.4, -0.2) is 11.1 Å². The maximum atomic E-state index is 11.5. The van der Waals surface area contributed by atoms with Crippen LogP contribution in [0.15, 0.2) is 23.1 Å². The Morgan fingerprint density at radius 2 is 2.06 bits per heavy atom. The second kappa shape index (κ2) is 6.62. The van der Waals surface area contributed by atoms with Gasteiger partial charge < -0.3 is 9.88 Å². The normalized spacial score (nSPS) is 16.7. The molecule has 18 heavy (non-hydrogen) atoms. The lowest BCUT2D eigenvalue weighted by Gasteiger charge is -2.21. The first kappa shape index (κ1) is 13.2. The van der Waals surface area contributed by atoms with Crippen molar-refractivity contribution in [3.8, 4) is 0 Å². The molecule has 1 aliphatic rings. The Labute approximate surface area is 109 Å². The van der Waals surface area contributed by atoms with Gasteiger partial charge in [0, 0.05) is 25.4 Å². The fourth-order valence-electron chi connectivity index (χ4n) is 2.78. The first-order chi connectivity index (χ1) is 8.79. The van der Waals surface area contributed by atoms with Gasteiger partial charge in [0.25, 0.3) is 5.56 Å². The van der Waals surface area contributed by atoms with Gasteiger partial charge >= 0.3 is 0 Å². The van der Waals surface area contributed by atoms with E-state index in [-0.39, 0.29) is 5.56 Å². The number of pyridine rings is 1. The molecule has 0 amide bonds. The maximum Gasteiger partial charge on any atom is 0.250 e. The summed E-state index contributed by atoms with van der Waals surface area (Å²) < 4.78 is 1.74. The highest BCUT2D eigenvalue weighted by Crippen LogP contribution is 2.26. The summed E-state index contributed by atoms with van der Waals surface area (Å²) in [6.07, 6.45) is 10.2. The van der Waals surface area contributed by atoms with Crippen molar-refractivity contribution >= 4 is 5.69 Å². The molecule has 1 aromatic heterocycles. The predicted molar refractivity (Wildman–Crippen MR) is 76.1 cm³/mol. The molecule has 0 spiro atoms. The Balaban J connectivity index is 1.80. The molecule has 3 nitrogen and oxygen atoms in total. The van der Waals surface area contributed by atoms with Gasteiger partial charge in [-0.1, -0.05) is 32.1 Å². The molecule has 3 heteroatoms. The van der Waals surface area contributed by atoms with Crippen molar-refractivity contribution < 1.29 is 0 Å². The maximum absolute atomic E-state index is 11.5. The van der Waals surface area contributed by atoms with Crippen molar-refractivity contribution in [3.05, 3.63) is 28.7 Å². The molecule has 0 bridgehead atoms. The Morgan fingerprint density at radius 3 is 2.78 bits per heavy atom. The second-order valence-electron chi connectivity index (χ2n) is 5.26. The van der Waals surface area contributed by atoms with Crippen LogP contribution in [0.2, 0.25) is 0 Å². The van der Waals surface area contributed by atoms with Gasteiger partial charge in [0.2, 0.25) is 0 Å². The Kier molecular flexibility index (Phi) is 4.85. The molecule has 1 fully saturated rings. The van der Waals surface area contributed by atoms with Gasteiger partial charge in [-0.05, 0) is 25.3 Å². The Hall–Kier alpha value is -1.25. The zero-order valence-electron chi connectivity index (χ0n) is 11.3. The van der Waals surface area contributed by atoms with E-state index in [1.807, 2.05) is 19.2 Å². The third-order valence-electron chi connectivity index (χ3n) is 3.93. The summed E-state index contributed by atoms with van der Waals surface area (Å²) in [6, 6.07) is 3.53. The quantitative estimate of drug-likeness (QED) is 0.868. The SMILES string of the molecule is CCn1cc(NCCC2CCCCC2)ccc1=O. The van der Waals surface area contributed by atoms with E-state index in [1.54, 1.807) is 10.6 Å². The van der Waals surface area contributed by atoms with E-state index in [0.717, 1.165) is 24.7 Å². The lowest BCUT2D eigenvalue weighted by atomic mass is 9.87. The van der Waals surface area contributed by atoms with E-state index in [1.165, 1.54) is 38.5 Å². The van der Waals surface area contributed by atoms with Crippen molar-refractivity contribution in [2.45, 2.75) is 52.0 Å². The fourth-order valence-corrected chi connectivity index (χ4v) is 2.78. The largest absolute Gasteiger partial charge is 0.384 e. The van der Waals surface area contributed by atoms with E-state index in [4.69, 9.17) is 0 Å². The zero-order chi connectivity index (χ0) is 12.8. The van der Waals surface area contributed by atoms with Crippen LogP contribution in [-0.2, 0) is 6.54 Å². The van der Waals surface area contributed by atoms with Gasteiger partial charge in [-0.15, -0.1) is 0 Å². The summed E-state index contributed by atoms with van der Waals surface area (Å²) in [5.41, 5.74) is 1.14. The lowest BCUT2D eigenvalue weighted by molar-refractivity contribution is 0.345. The fraction of sp³-hybridized carbons (Fsp3) is 0.667. The first-order valence-corrected chi connectivity index (χ1v) is 7.24. The number of aryl methyl sites for hydroxylation is 1. The molecule has 0 atom stereocenters. The molecule has 1 N–H and O–H groups in total. The van der Waals surface area contributed by atoms with Crippen molar-refractivity contribution in [1.29, 1.82) is 0 Å². The molecule has 1 saturated carbocycles. The van der Waals surface area contributed by atoms with Gasteiger partial charge in [-0.2, -0.15) is 0 Å². The summed E-state index contributed by atoms with van der Waals surface area (Å²) in [4.78, 5) is 11.5. The number of nitrogens with one attached hydrogen (secondary N) is 1. The Bertz CT molecular complexity index is 419. The summed E-state index contributed by atoms with van der Waals surface area (Å²) in [7, 11) is 0. The van der Waals surface area contributed by atoms with Crippen LogP contribution in [0.25, 0.3) is 0 Å². The van der Waals surface area contributed by atoms with Crippen LogP contribution in [0.4, 0.5) is 5.69 Å². The highest BCUT2D eigenvalue weighted by atomic mass is 16.1. The minimum Gasteiger partial charge on any atom is -0.384 e. The van der Waals surface area contributed by atoms with E-state index in [9.17, 15) is 4.79 Å². The number of nitrogens with zero attached hydrogens (tertiary/aromatic N) is 1. The zero-order valence-corrected chi connectivity index (χ0v) is 11.3. The van der Waals surface area contributed by atoms with Crippen LogP contribution in [0.1, 0.15) is 45.4 Å². The molecular formula is C15H24N2O. The minimum absolute atomic E-state index is 0.0790. The van der Waals surface area contributed by atoms with Crippen LogP contribution < -0.4 is 10.9 Å². The Morgan fingerprint density at radius 1 is 1.28 bits per heavy atom. The van der Waals surface area contributed by atoms with E-state index >= 15 is 0 Å². The van der Waals surface area contributed by atoms with E-state index < -0.39 is 0 Å².